The molecule has 33 heavy (non-hydrogen) atoms. The molecule has 5 aromatic rings. The highest BCUT2D eigenvalue weighted by atomic mass is 32.2. The lowest BCUT2D eigenvalue weighted by atomic mass is 10.3. The lowest BCUT2D eigenvalue weighted by Crippen LogP contribution is -2.13. The van der Waals surface area contributed by atoms with E-state index in [2.05, 4.69) is 14.8 Å². The standard InChI is InChI=1S/C21H16N4O4S4/c1-32(26,27)15-9-10-16-18(12-15)31-21(22-16)24-33(28,29)19-13-25(14-6-3-2-4-7-14)23-20(19)17-8-5-11-30-17/h2-13H,1H3,(H,22,24). The van der Waals surface area contributed by atoms with Crippen molar-refractivity contribution in [2.75, 3.05) is 11.0 Å². The average Bonchev–Trinajstić information content (AvgIpc) is 3.51. The number of hydrogen-bond acceptors (Lipinski definition) is 8. The second-order valence-corrected chi connectivity index (χ2v) is 12.8. The number of nitrogens with zero attached hydrogens (tertiary/aromatic N) is 3. The molecule has 3 heterocycles. The molecule has 2 aromatic carbocycles. The van der Waals surface area contributed by atoms with Gasteiger partial charge >= 0.3 is 0 Å². The van der Waals surface area contributed by atoms with E-state index in [4.69, 9.17) is 0 Å². The fourth-order valence-corrected chi connectivity index (χ4v) is 6.99. The zero-order valence-corrected chi connectivity index (χ0v) is 20.3. The summed E-state index contributed by atoms with van der Waals surface area (Å²) in [6, 6.07) is 17.4. The van der Waals surface area contributed by atoms with Crippen molar-refractivity contribution in [2.45, 2.75) is 9.79 Å². The number of nitrogens with one attached hydrogen (secondary N) is 1. The van der Waals surface area contributed by atoms with Crippen molar-refractivity contribution in [1.29, 1.82) is 0 Å². The molecule has 0 saturated carbocycles. The molecule has 1 N–H and O–H groups in total. The van der Waals surface area contributed by atoms with E-state index in [1.54, 1.807) is 6.07 Å². The molecule has 0 saturated heterocycles. The third-order valence-electron chi connectivity index (χ3n) is 4.76. The van der Waals surface area contributed by atoms with Gasteiger partial charge in [0.15, 0.2) is 15.0 Å². The average molecular weight is 517 g/mol. The first-order valence-corrected chi connectivity index (χ1v) is 14.6. The highest BCUT2D eigenvalue weighted by molar-refractivity contribution is 7.93. The minimum atomic E-state index is -4.04. The minimum absolute atomic E-state index is 0.0184. The Morgan fingerprint density at radius 2 is 1.76 bits per heavy atom. The van der Waals surface area contributed by atoms with Crippen molar-refractivity contribution >= 4 is 57.9 Å². The molecule has 8 nitrogen and oxygen atoms in total. The predicted molar refractivity (Wildman–Crippen MR) is 130 cm³/mol. The maximum atomic E-state index is 13.4. The van der Waals surface area contributed by atoms with Gasteiger partial charge in [0.1, 0.15) is 10.6 Å². The van der Waals surface area contributed by atoms with Gasteiger partial charge in [-0.25, -0.2) is 26.5 Å². The van der Waals surface area contributed by atoms with Gasteiger partial charge in [0, 0.05) is 6.26 Å². The van der Waals surface area contributed by atoms with Crippen molar-refractivity contribution in [1.82, 2.24) is 14.8 Å². The molecule has 0 fully saturated rings. The lowest BCUT2D eigenvalue weighted by Gasteiger charge is -2.04. The van der Waals surface area contributed by atoms with E-state index in [0.717, 1.165) is 23.3 Å². The van der Waals surface area contributed by atoms with Crippen molar-refractivity contribution in [3.8, 4) is 16.3 Å². The van der Waals surface area contributed by atoms with Gasteiger partial charge in [-0.15, -0.1) is 11.3 Å². The van der Waals surface area contributed by atoms with Crippen LogP contribution in [0.15, 0.2) is 82.0 Å². The zero-order chi connectivity index (χ0) is 23.2. The molecule has 0 aliphatic carbocycles. The highest BCUT2D eigenvalue weighted by Crippen LogP contribution is 2.34. The SMILES string of the molecule is CS(=O)(=O)c1ccc2nc(NS(=O)(=O)c3cn(-c4ccccc4)nc3-c3cccs3)sc2c1. The summed E-state index contributed by atoms with van der Waals surface area (Å²) in [5, 5.41) is 6.53. The Morgan fingerprint density at radius 3 is 2.45 bits per heavy atom. The van der Waals surface area contributed by atoms with Crippen LogP contribution in [0.2, 0.25) is 0 Å². The summed E-state index contributed by atoms with van der Waals surface area (Å²) in [6.07, 6.45) is 2.59. The van der Waals surface area contributed by atoms with Gasteiger partial charge in [0.2, 0.25) is 0 Å². The number of hydrogen-bond donors (Lipinski definition) is 1. The van der Waals surface area contributed by atoms with Crippen LogP contribution in [0.25, 0.3) is 26.5 Å². The van der Waals surface area contributed by atoms with E-state index >= 15 is 0 Å². The molecule has 0 radical (unpaired) electrons. The van der Waals surface area contributed by atoms with Crippen LogP contribution in [0.3, 0.4) is 0 Å². The molecule has 0 aliphatic rings. The second kappa shape index (κ2) is 8.06. The number of thiophene rings is 1. The number of para-hydroxylation sites is 1. The van der Waals surface area contributed by atoms with Gasteiger partial charge in [0.25, 0.3) is 10.0 Å². The summed E-state index contributed by atoms with van der Waals surface area (Å²) in [5.74, 6) is 0. The van der Waals surface area contributed by atoms with E-state index in [-0.39, 0.29) is 14.9 Å². The molecule has 168 valence electrons. The Kier molecular flexibility index (Phi) is 5.32. The molecule has 0 bridgehead atoms. The molecule has 3 aromatic heterocycles. The molecule has 12 heteroatoms. The van der Waals surface area contributed by atoms with Crippen LogP contribution in [-0.4, -0.2) is 37.9 Å². The summed E-state index contributed by atoms with van der Waals surface area (Å²) >= 11 is 2.46. The normalized spacial score (nSPS) is 12.3. The third kappa shape index (κ3) is 4.29. The molecule has 0 spiro atoms. The molecule has 5 rings (SSSR count). The van der Waals surface area contributed by atoms with E-state index in [9.17, 15) is 16.8 Å². The fraction of sp³-hybridized carbons (Fsp3) is 0.0476. The maximum absolute atomic E-state index is 13.4. The summed E-state index contributed by atoms with van der Waals surface area (Å²) in [6.45, 7) is 0. The fourth-order valence-electron chi connectivity index (χ4n) is 3.20. The van der Waals surface area contributed by atoms with E-state index in [1.165, 1.54) is 34.3 Å². The number of anilines is 1. The quantitative estimate of drug-likeness (QED) is 0.358. The van der Waals surface area contributed by atoms with Crippen LogP contribution in [-0.2, 0) is 19.9 Å². The van der Waals surface area contributed by atoms with Gasteiger partial charge in [-0.1, -0.05) is 35.6 Å². The van der Waals surface area contributed by atoms with E-state index in [0.29, 0.717) is 20.8 Å². The molecule has 0 aliphatic heterocycles. The van der Waals surface area contributed by atoms with Crippen LogP contribution in [0.1, 0.15) is 0 Å². The summed E-state index contributed by atoms with van der Waals surface area (Å²) in [7, 11) is -7.43. The highest BCUT2D eigenvalue weighted by Gasteiger charge is 2.26. The van der Waals surface area contributed by atoms with Crippen LogP contribution in [0, 0.1) is 0 Å². The van der Waals surface area contributed by atoms with Gasteiger partial charge < -0.3 is 0 Å². The number of aromatic nitrogens is 3. The Hall–Kier alpha value is -3.06. The maximum Gasteiger partial charge on any atom is 0.267 e. The first-order chi connectivity index (χ1) is 15.7. The number of benzene rings is 2. The van der Waals surface area contributed by atoms with Crippen LogP contribution >= 0.6 is 22.7 Å². The van der Waals surface area contributed by atoms with Gasteiger partial charge in [-0.2, -0.15) is 5.10 Å². The summed E-state index contributed by atoms with van der Waals surface area (Å²) in [5.41, 5.74) is 1.57. The van der Waals surface area contributed by atoms with Crippen molar-refractivity contribution < 1.29 is 16.8 Å². The molecular formula is C21H16N4O4S4. The number of rotatable bonds is 6. The summed E-state index contributed by atoms with van der Waals surface area (Å²) < 4.78 is 55.0. The number of thiazole rings is 1. The Labute approximate surface area is 198 Å². The van der Waals surface area contributed by atoms with Crippen molar-refractivity contribution in [2.24, 2.45) is 0 Å². The zero-order valence-electron chi connectivity index (χ0n) is 17.0. The van der Waals surface area contributed by atoms with Gasteiger partial charge in [0.05, 0.1) is 31.9 Å². The number of sulfonamides is 1. The Bertz CT molecular complexity index is 1670. The summed E-state index contributed by atoms with van der Waals surface area (Å²) in [4.78, 5) is 5.20. The first-order valence-electron chi connectivity index (χ1n) is 9.53. The third-order valence-corrected chi connectivity index (χ3v) is 9.14. The lowest BCUT2D eigenvalue weighted by molar-refractivity contribution is 0.600. The molecule has 0 atom stereocenters. The minimum Gasteiger partial charge on any atom is -0.254 e. The van der Waals surface area contributed by atoms with E-state index < -0.39 is 19.9 Å². The van der Waals surface area contributed by atoms with Crippen LogP contribution < -0.4 is 4.72 Å². The number of sulfone groups is 1. The van der Waals surface area contributed by atoms with Crippen molar-refractivity contribution in [3.63, 3.8) is 0 Å². The van der Waals surface area contributed by atoms with Crippen LogP contribution in [0.5, 0.6) is 0 Å². The topological polar surface area (TPSA) is 111 Å². The van der Waals surface area contributed by atoms with E-state index in [1.807, 2.05) is 47.8 Å². The largest absolute Gasteiger partial charge is 0.267 e. The van der Waals surface area contributed by atoms with Gasteiger partial charge in [-0.05, 0) is 41.8 Å². The number of fused-ring (bicyclic) bond motifs is 1. The monoisotopic (exact) mass is 516 g/mol. The van der Waals surface area contributed by atoms with Crippen molar-refractivity contribution in [3.05, 3.63) is 72.2 Å². The smallest absolute Gasteiger partial charge is 0.254 e. The molecule has 0 unspecified atom stereocenters. The second-order valence-electron chi connectivity index (χ2n) is 7.13. The molecule has 0 amide bonds. The predicted octanol–water partition coefficient (Wildman–Crippen LogP) is 4.41. The Balaban J connectivity index is 1.57. The van der Waals surface area contributed by atoms with Gasteiger partial charge in [-0.3, -0.25) is 4.72 Å². The van der Waals surface area contributed by atoms with Crippen LogP contribution in [0.4, 0.5) is 5.13 Å². The first kappa shape index (κ1) is 21.8. The molecular weight excluding hydrogens is 501 g/mol. The Morgan fingerprint density at radius 1 is 0.970 bits per heavy atom.